The Morgan fingerprint density at radius 2 is 2.10 bits per heavy atom. The first-order valence-electron chi connectivity index (χ1n) is 6.30. The molecule has 1 amide bonds. The zero-order valence-corrected chi connectivity index (χ0v) is 11.3. The highest BCUT2D eigenvalue weighted by molar-refractivity contribution is 5.79. The predicted octanol–water partition coefficient (Wildman–Crippen LogP) is 2.78. The van der Waals surface area contributed by atoms with E-state index in [-0.39, 0.29) is 18.0 Å². The van der Waals surface area contributed by atoms with E-state index < -0.39 is 17.8 Å². The first-order chi connectivity index (χ1) is 9.89. The van der Waals surface area contributed by atoms with Crippen LogP contribution in [0.5, 0.6) is 0 Å². The number of amides is 1. The summed E-state index contributed by atoms with van der Waals surface area (Å²) >= 11 is 0. The number of rotatable bonds is 4. The van der Waals surface area contributed by atoms with E-state index in [2.05, 4.69) is 10.3 Å². The van der Waals surface area contributed by atoms with Gasteiger partial charge in [0.2, 0.25) is 5.91 Å². The molecule has 4 nitrogen and oxygen atoms in total. The van der Waals surface area contributed by atoms with Crippen molar-refractivity contribution in [3.8, 4) is 0 Å². The molecule has 1 aromatic carbocycles. The summed E-state index contributed by atoms with van der Waals surface area (Å²) in [6.07, 6.45) is 0.196. The molecule has 0 aliphatic carbocycles. The predicted molar refractivity (Wildman–Crippen MR) is 70.2 cm³/mol. The summed E-state index contributed by atoms with van der Waals surface area (Å²) in [4.78, 5) is 15.8. The lowest BCUT2D eigenvalue weighted by molar-refractivity contribution is -0.138. The van der Waals surface area contributed by atoms with Gasteiger partial charge in [-0.15, -0.1) is 0 Å². The number of hydrogen-bond donors (Lipinski definition) is 1. The van der Waals surface area contributed by atoms with Crippen LogP contribution in [-0.2, 0) is 17.5 Å². The molecule has 0 aliphatic heterocycles. The maximum Gasteiger partial charge on any atom is 0.416 e. The molecule has 21 heavy (non-hydrogen) atoms. The Bertz CT molecular complexity index is 608. The third-order valence-electron chi connectivity index (χ3n) is 3.13. The van der Waals surface area contributed by atoms with E-state index in [1.807, 2.05) is 0 Å². The second kappa shape index (κ2) is 5.99. The zero-order chi connectivity index (χ0) is 15.5. The lowest BCUT2D eigenvalue weighted by Gasteiger charge is -2.16. The number of halogens is 3. The van der Waals surface area contributed by atoms with Gasteiger partial charge in [-0.1, -0.05) is 18.2 Å². The van der Waals surface area contributed by atoms with E-state index in [0.717, 1.165) is 6.07 Å². The summed E-state index contributed by atoms with van der Waals surface area (Å²) in [7, 11) is 0. The lowest BCUT2D eigenvalue weighted by Crippen LogP contribution is -2.30. The number of carbonyl (C=O) groups excluding carboxylic acids is 1. The minimum Gasteiger partial charge on any atom is -0.350 e. The number of carbonyl (C=O) groups is 1. The average Bonchev–Trinajstić information content (AvgIpc) is 2.97. The molecule has 1 atom stereocenters. The summed E-state index contributed by atoms with van der Waals surface area (Å²) in [5.41, 5.74) is -0.697. The van der Waals surface area contributed by atoms with Crippen molar-refractivity contribution in [1.29, 1.82) is 0 Å². The van der Waals surface area contributed by atoms with Gasteiger partial charge in [0.25, 0.3) is 0 Å². The number of aromatic nitrogens is 2. The van der Waals surface area contributed by atoms with Crippen LogP contribution in [0, 0.1) is 0 Å². The first-order valence-corrected chi connectivity index (χ1v) is 6.30. The fourth-order valence-electron chi connectivity index (χ4n) is 1.91. The third-order valence-corrected chi connectivity index (χ3v) is 3.13. The van der Waals surface area contributed by atoms with Gasteiger partial charge in [0.15, 0.2) is 0 Å². The van der Waals surface area contributed by atoms with Crippen LogP contribution in [0.2, 0.25) is 0 Å². The maximum atomic E-state index is 12.8. The number of nitrogens with zero attached hydrogens (tertiary/aromatic N) is 2. The Morgan fingerprint density at radius 1 is 1.38 bits per heavy atom. The summed E-state index contributed by atoms with van der Waals surface area (Å²) in [6.45, 7) is 1.47. The number of alkyl halides is 3. The molecule has 0 bridgehead atoms. The molecule has 1 aromatic heterocycles. The van der Waals surface area contributed by atoms with Crippen molar-refractivity contribution in [3.63, 3.8) is 0 Å². The highest BCUT2D eigenvalue weighted by atomic mass is 19.4. The normalized spacial score (nSPS) is 13.0. The fourth-order valence-corrected chi connectivity index (χ4v) is 1.91. The Morgan fingerprint density at radius 3 is 2.71 bits per heavy atom. The molecular formula is C14H14F3N3O. The Kier molecular flexibility index (Phi) is 4.30. The Labute approximate surface area is 119 Å². The summed E-state index contributed by atoms with van der Waals surface area (Å²) in [5.74, 6) is -0.370. The van der Waals surface area contributed by atoms with Crippen molar-refractivity contribution in [2.75, 3.05) is 0 Å². The molecule has 0 fully saturated rings. The largest absolute Gasteiger partial charge is 0.416 e. The van der Waals surface area contributed by atoms with Crippen LogP contribution in [0.3, 0.4) is 0 Å². The molecule has 2 rings (SSSR count). The third kappa shape index (κ3) is 3.62. The van der Waals surface area contributed by atoms with E-state index >= 15 is 0 Å². The summed E-state index contributed by atoms with van der Waals surface area (Å²) in [6, 6.07) is 4.65. The quantitative estimate of drug-likeness (QED) is 0.943. The SMILES string of the molecule is C[C@@H](C(=O)NCc1ccccc1C(F)(F)F)n1ccnc1. The molecular weight excluding hydrogens is 283 g/mol. The van der Waals surface area contributed by atoms with Crippen molar-refractivity contribution < 1.29 is 18.0 Å². The standard InChI is InChI=1S/C14H14F3N3O/c1-10(20-7-6-18-9-20)13(21)19-8-11-4-2-3-5-12(11)14(15,16)17/h2-7,9-10H,8H2,1H3,(H,19,21)/t10-/m0/s1. The van der Waals surface area contributed by atoms with Gasteiger partial charge < -0.3 is 9.88 Å². The van der Waals surface area contributed by atoms with Gasteiger partial charge in [-0.3, -0.25) is 4.79 Å². The second-order valence-electron chi connectivity index (χ2n) is 4.56. The van der Waals surface area contributed by atoms with Crippen LogP contribution in [0.4, 0.5) is 13.2 Å². The highest BCUT2D eigenvalue weighted by Crippen LogP contribution is 2.31. The number of imidazole rings is 1. The van der Waals surface area contributed by atoms with Crippen molar-refractivity contribution in [2.45, 2.75) is 25.7 Å². The summed E-state index contributed by atoms with van der Waals surface area (Å²) < 4.78 is 40.1. The Balaban J connectivity index is 2.05. The van der Waals surface area contributed by atoms with Gasteiger partial charge in [-0.2, -0.15) is 13.2 Å². The summed E-state index contributed by atoms with van der Waals surface area (Å²) in [5, 5.41) is 2.51. The van der Waals surface area contributed by atoms with Crippen LogP contribution in [0.25, 0.3) is 0 Å². The van der Waals surface area contributed by atoms with Crippen LogP contribution < -0.4 is 5.32 Å². The number of nitrogens with one attached hydrogen (secondary N) is 1. The minimum absolute atomic E-state index is 0.0381. The van der Waals surface area contributed by atoms with Crippen molar-refractivity contribution in [1.82, 2.24) is 14.9 Å². The molecule has 1 N–H and O–H groups in total. The minimum atomic E-state index is -4.43. The molecule has 0 aliphatic rings. The van der Waals surface area contributed by atoms with Crippen LogP contribution in [0.1, 0.15) is 24.1 Å². The molecule has 7 heteroatoms. The molecule has 1 heterocycles. The van der Waals surface area contributed by atoms with Gasteiger partial charge in [-0.25, -0.2) is 4.98 Å². The molecule has 0 saturated heterocycles. The molecule has 0 spiro atoms. The van der Waals surface area contributed by atoms with E-state index in [1.54, 1.807) is 17.7 Å². The van der Waals surface area contributed by atoms with Gasteiger partial charge in [0, 0.05) is 18.9 Å². The molecule has 0 radical (unpaired) electrons. The average molecular weight is 297 g/mol. The fraction of sp³-hybridized carbons (Fsp3) is 0.286. The molecule has 0 saturated carbocycles. The van der Waals surface area contributed by atoms with Gasteiger partial charge in [0.05, 0.1) is 11.9 Å². The van der Waals surface area contributed by atoms with Crippen molar-refractivity contribution in [2.24, 2.45) is 0 Å². The monoisotopic (exact) mass is 297 g/mol. The first kappa shape index (κ1) is 15.1. The highest BCUT2D eigenvalue weighted by Gasteiger charge is 2.32. The van der Waals surface area contributed by atoms with Crippen molar-refractivity contribution >= 4 is 5.91 Å². The van der Waals surface area contributed by atoms with Crippen LogP contribution in [0.15, 0.2) is 43.0 Å². The maximum absolute atomic E-state index is 12.8. The van der Waals surface area contributed by atoms with E-state index in [1.165, 1.54) is 30.7 Å². The number of hydrogen-bond acceptors (Lipinski definition) is 2. The molecule has 0 unspecified atom stereocenters. The zero-order valence-electron chi connectivity index (χ0n) is 11.3. The van der Waals surface area contributed by atoms with E-state index in [4.69, 9.17) is 0 Å². The Hall–Kier alpha value is -2.31. The van der Waals surface area contributed by atoms with E-state index in [9.17, 15) is 18.0 Å². The van der Waals surface area contributed by atoms with E-state index in [0.29, 0.717) is 0 Å². The van der Waals surface area contributed by atoms with Gasteiger partial charge >= 0.3 is 6.18 Å². The van der Waals surface area contributed by atoms with Gasteiger partial charge in [0.1, 0.15) is 6.04 Å². The second-order valence-corrected chi connectivity index (χ2v) is 4.56. The smallest absolute Gasteiger partial charge is 0.350 e. The number of benzene rings is 1. The van der Waals surface area contributed by atoms with Crippen LogP contribution >= 0.6 is 0 Å². The van der Waals surface area contributed by atoms with Gasteiger partial charge in [-0.05, 0) is 18.6 Å². The topological polar surface area (TPSA) is 46.9 Å². The molecule has 112 valence electrons. The molecule has 2 aromatic rings. The lowest BCUT2D eigenvalue weighted by atomic mass is 10.1. The van der Waals surface area contributed by atoms with Crippen molar-refractivity contribution in [3.05, 3.63) is 54.1 Å². The van der Waals surface area contributed by atoms with Crippen LogP contribution in [-0.4, -0.2) is 15.5 Å².